The number of hydrazone groups is 1. The topological polar surface area (TPSA) is 95.5 Å². The van der Waals surface area contributed by atoms with Crippen molar-refractivity contribution in [2.75, 3.05) is 27.9 Å². The third-order valence-electron chi connectivity index (χ3n) is 3.56. The lowest BCUT2D eigenvalue weighted by Crippen LogP contribution is -2.18. The molecule has 0 aliphatic rings. The maximum atomic E-state index is 12.3. The van der Waals surface area contributed by atoms with E-state index in [0.29, 0.717) is 35.2 Å². The predicted octanol–water partition coefficient (Wildman–Crippen LogP) is 2.42. The molecule has 0 fully saturated rings. The van der Waals surface area contributed by atoms with Crippen molar-refractivity contribution < 1.29 is 27.4 Å². The Labute approximate surface area is 158 Å². The van der Waals surface area contributed by atoms with E-state index >= 15 is 0 Å². The predicted molar refractivity (Wildman–Crippen MR) is 102 cm³/mol. The van der Waals surface area contributed by atoms with Crippen molar-refractivity contribution in [2.24, 2.45) is 5.10 Å². The molecule has 0 aliphatic carbocycles. The Morgan fingerprint density at radius 2 is 1.63 bits per heavy atom. The molecule has 2 aromatic rings. The fourth-order valence-electron chi connectivity index (χ4n) is 2.33. The van der Waals surface area contributed by atoms with Gasteiger partial charge >= 0.3 is 0 Å². The SMILES string of the molecule is CCOc1ccc(S(=O)(=O)NN=Cc2ccc(OC)c(OC)c2OC)cc1. The van der Waals surface area contributed by atoms with Crippen LogP contribution in [0.15, 0.2) is 46.4 Å². The zero-order chi connectivity index (χ0) is 19.9. The van der Waals surface area contributed by atoms with Crippen LogP contribution in [-0.2, 0) is 10.0 Å². The van der Waals surface area contributed by atoms with Gasteiger partial charge in [-0.1, -0.05) is 0 Å². The Hall–Kier alpha value is -2.94. The van der Waals surface area contributed by atoms with E-state index in [1.54, 1.807) is 24.3 Å². The van der Waals surface area contributed by atoms with Gasteiger partial charge in [-0.15, -0.1) is 0 Å². The summed E-state index contributed by atoms with van der Waals surface area (Å²) in [6.07, 6.45) is 1.33. The second-order valence-electron chi connectivity index (χ2n) is 5.18. The first-order valence-corrected chi connectivity index (χ1v) is 9.51. The first-order valence-electron chi connectivity index (χ1n) is 8.03. The summed E-state index contributed by atoms with van der Waals surface area (Å²) >= 11 is 0. The molecule has 0 heterocycles. The highest BCUT2D eigenvalue weighted by atomic mass is 32.2. The second-order valence-corrected chi connectivity index (χ2v) is 6.84. The minimum Gasteiger partial charge on any atom is -0.494 e. The highest BCUT2D eigenvalue weighted by molar-refractivity contribution is 7.89. The van der Waals surface area contributed by atoms with E-state index in [0.717, 1.165) is 0 Å². The average Bonchev–Trinajstić information content (AvgIpc) is 2.67. The number of nitrogens with zero attached hydrogens (tertiary/aromatic N) is 1. The number of ether oxygens (including phenoxy) is 4. The summed E-state index contributed by atoms with van der Waals surface area (Å²) in [7, 11) is 0.653. The Kier molecular flexibility index (Phi) is 6.89. The van der Waals surface area contributed by atoms with E-state index in [1.165, 1.54) is 39.7 Å². The van der Waals surface area contributed by atoms with Crippen LogP contribution in [0.25, 0.3) is 0 Å². The van der Waals surface area contributed by atoms with Crippen LogP contribution in [0.3, 0.4) is 0 Å². The molecule has 0 atom stereocenters. The van der Waals surface area contributed by atoms with Gasteiger partial charge in [-0.25, -0.2) is 4.83 Å². The number of benzene rings is 2. The van der Waals surface area contributed by atoms with Crippen molar-refractivity contribution >= 4 is 16.2 Å². The molecule has 0 amide bonds. The Bertz CT molecular complexity index is 895. The number of rotatable bonds is 9. The number of methoxy groups -OCH3 is 3. The summed E-state index contributed by atoms with van der Waals surface area (Å²) in [5.41, 5.74) is 0.518. The highest BCUT2D eigenvalue weighted by Crippen LogP contribution is 2.38. The van der Waals surface area contributed by atoms with E-state index in [9.17, 15) is 8.42 Å². The molecule has 0 aliphatic heterocycles. The van der Waals surface area contributed by atoms with Gasteiger partial charge in [0.1, 0.15) is 5.75 Å². The number of hydrogen-bond acceptors (Lipinski definition) is 7. The minimum absolute atomic E-state index is 0.0716. The lowest BCUT2D eigenvalue weighted by molar-refractivity contribution is 0.324. The summed E-state index contributed by atoms with van der Waals surface area (Å²) < 4.78 is 45.8. The van der Waals surface area contributed by atoms with Gasteiger partial charge in [0.15, 0.2) is 11.5 Å². The fraction of sp³-hybridized carbons (Fsp3) is 0.278. The van der Waals surface area contributed by atoms with Crippen LogP contribution in [0, 0.1) is 0 Å². The van der Waals surface area contributed by atoms with Gasteiger partial charge in [-0.3, -0.25) is 0 Å². The van der Waals surface area contributed by atoms with Gasteiger partial charge < -0.3 is 18.9 Å². The van der Waals surface area contributed by atoms with E-state index in [-0.39, 0.29) is 4.90 Å². The molecule has 0 saturated carbocycles. The van der Waals surface area contributed by atoms with Gasteiger partial charge in [0.05, 0.1) is 39.0 Å². The van der Waals surface area contributed by atoms with Crippen LogP contribution in [0.5, 0.6) is 23.0 Å². The van der Waals surface area contributed by atoms with Gasteiger partial charge in [0, 0.05) is 5.56 Å². The van der Waals surface area contributed by atoms with Crippen molar-refractivity contribution in [2.45, 2.75) is 11.8 Å². The molecular weight excluding hydrogens is 372 g/mol. The van der Waals surface area contributed by atoms with Gasteiger partial charge in [-0.05, 0) is 43.3 Å². The molecule has 2 rings (SSSR count). The quantitative estimate of drug-likeness (QED) is 0.518. The normalized spacial score (nSPS) is 11.3. The second kappa shape index (κ2) is 9.13. The molecule has 2 aromatic carbocycles. The average molecular weight is 394 g/mol. The number of hydrogen-bond donors (Lipinski definition) is 1. The van der Waals surface area contributed by atoms with Crippen molar-refractivity contribution in [3.63, 3.8) is 0 Å². The smallest absolute Gasteiger partial charge is 0.276 e. The molecule has 0 bridgehead atoms. The zero-order valence-electron chi connectivity index (χ0n) is 15.6. The summed E-state index contributed by atoms with van der Waals surface area (Å²) in [5, 5.41) is 3.82. The summed E-state index contributed by atoms with van der Waals surface area (Å²) in [5.74, 6) is 1.84. The van der Waals surface area contributed by atoms with E-state index < -0.39 is 10.0 Å². The maximum Gasteiger partial charge on any atom is 0.276 e. The monoisotopic (exact) mass is 394 g/mol. The molecule has 0 saturated heterocycles. The standard InChI is InChI=1S/C18H22N2O6S/c1-5-26-14-7-9-15(10-8-14)27(21,22)20-19-12-13-6-11-16(23-2)18(25-4)17(13)24-3/h6-12,20H,5H2,1-4H3. The van der Waals surface area contributed by atoms with Crippen LogP contribution >= 0.6 is 0 Å². The van der Waals surface area contributed by atoms with E-state index in [4.69, 9.17) is 18.9 Å². The van der Waals surface area contributed by atoms with E-state index in [2.05, 4.69) is 9.93 Å². The van der Waals surface area contributed by atoms with Crippen molar-refractivity contribution in [3.8, 4) is 23.0 Å². The van der Waals surface area contributed by atoms with Crippen LogP contribution in [-0.4, -0.2) is 42.6 Å². The Balaban J connectivity index is 2.21. The summed E-state index contributed by atoms with van der Waals surface area (Å²) in [6.45, 7) is 2.35. The highest BCUT2D eigenvalue weighted by Gasteiger charge is 2.16. The first-order chi connectivity index (χ1) is 13.0. The van der Waals surface area contributed by atoms with Crippen LogP contribution in [0.1, 0.15) is 12.5 Å². The zero-order valence-corrected chi connectivity index (χ0v) is 16.4. The lowest BCUT2D eigenvalue weighted by Gasteiger charge is -2.13. The molecule has 0 aromatic heterocycles. The molecule has 0 radical (unpaired) electrons. The number of sulfonamides is 1. The third-order valence-corrected chi connectivity index (χ3v) is 4.79. The van der Waals surface area contributed by atoms with Crippen LogP contribution < -0.4 is 23.8 Å². The van der Waals surface area contributed by atoms with Gasteiger partial charge in [-0.2, -0.15) is 13.5 Å². The summed E-state index contributed by atoms with van der Waals surface area (Å²) in [4.78, 5) is 2.24. The molecule has 0 spiro atoms. The first kappa shape index (κ1) is 20.4. The Morgan fingerprint density at radius 3 is 2.19 bits per heavy atom. The van der Waals surface area contributed by atoms with Crippen LogP contribution in [0.2, 0.25) is 0 Å². The third kappa shape index (κ3) is 4.82. The van der Waals surface area contributed by atoms with E-state index in [1.807, 2.05) is 6.92 Å². The van der Waals surface area contributed by atoms with Gasteiger partial charge in [0.2, 0.25) is 5.75 Å². The lowest BCUT2D eigenvalue weighted by atomic mass is 10.2. The summed E-state index contributed by atoms with van der Waals surface area (Å²) in [6, 6.07) is 9.40. The van der Waals surface area contributed by atoms with Crippen molar-refractivity contribution in [1.29, 1.82) is 0 Å². The van der Waals surface area contributed by atoms with Crippen molar-refractivity contribution in [1.82, 2.24) is 4.83 Å². The molecule has 27 heavy (non-hydrogen) atoms. The van der Waals surface area contributed by atoms with Crippen molar-refractivity contribution in [3.05, 3.63) is 42.0 Å². The maximum absolute atomic E-state index is 12.3. The molecule has 146 valence electrons. The largest absolute Gasteiger partial charge is 0.494 e. The fourth-order valence-corrected chi connectivity index (χ4v) is 3.12. The molecule has 0 unspecified atom stereocenters. The molecule has 8 nitrogen and oxygen atoms in total. The van der Waals surface area contributed by atoms with Crippen LogP contribution in [0.4, 0.5) is 0 Å². The van der Waals surface area contributed by atoms with Gasteiger partial charge in [0.25, 0.3) is 10.0 Å². The number of nitrogens with one attached hydrogen (secondary N) is 1. The minimum atomic E-state index is -3.81. The molecule has 1 N–H and O–H groups in total. The molecular formula is C18H22N2O6S. The molecule has 9 heteroatoms. The Morgan fingerprint density at radius 1 is 0.963 bits per heavy atom.